The molecule has 1 aromatic heterocycles. The van der Waals surface area contributed by atoms with Gasteiger partial charge in [-0.1, -0.05) is 43.3 Å². The molecule has 3 aromatic rings. The van der Waals surface area contributed by atoms with Gasteiger partial charge in [-0.2, -0.15) is 0 Å². The van der Waals surface area contributed by atoms with E-state index in [1.54, 1.807) is 0 Å². The molecule has 120 valence electrons. The van der Waals surface area contributed by atoms with Gasteiger partial charge in [0.2, 0.25) is 0 Å². The van der Waals surface area contributed by atoms with Crippen molar-refractivity contribution in [2.75, 3.05) is 0 Å². The average molecular weight is 314 g/mol. The molecule has 0 amide bonds. The molecule has 24 heavy (non-hydrogen) atoms. The van der Waals surface area contributed by atoms with E-state index in [0.29, 0.717) is 0 Å². The van der Waals surface area contributed by atoms with E-state index in [0.717, 1.165) is 24.4 Å². The number of benzene rings is 2. The Hall–Kier alpha value is -2.54. The molecule has 1 nitrogen and oxygen atoms in total. The van der Waals surface area contributed by atoms with Crippen molar-refractivity contribution in [3.05, 3.63) is 82.3 Å². The lowest BCUT2D eigenvalue weighted by Gasteiger charge is -2.14. The molecule has 4 rings (SSSR count). The first-order valence-corrected chi connectivity index (χ1v) is 8.65. The number of rotatable bonds is 3. The maximum absolute atomic E-state index is 5.99. The van der Waals surface area contributed by atoms with Gasteiger partial charge in [-0.05, 0) is 71.0 Å². The molecule has 0 atom stereocenters. The zero-order valence-electron chi connectivity index (χ0n) is 14.5. The van der Waals surface area contributed by atoms with Crippen LogP contribution in [-0.2, 0) is 12.8 Å². The van der Waals surface area contributed by atoms with Gasteiger partial charge < -0.3 is 4.42 Å². The number of hydrogen-bond acceptors (Lipinski definition) is 1. The van der Waals surface area contributed by atoms with Crippen LogP contribution in [0, 0.1) is 13.8 Å². The van der Waals surface area contributed by atoms with Crippen molar-refractivity contribution < 1.29 is 4.42 Å². The smallest absolute Gasteiger partial charge is 0.130 e. The predicted molar refractivity (Wildman–Crippen MR) is 101 cm³/mol. The summed E-state index contributed by atoms with van der Waals surface area (Å²) in [5.41, 5.74) is 9.42. The van der Waals surface area contributed by atoms with E-state index < -0.39 is 0 Å². The molecule has 0 spiro atoms. The van der Waals surface area contributed by atoms with E-state index >= 15 is 0 Å². The Kier molecular flexibility index (Phi) is 3.65. The van der Waals surface area contributed by atoms with Crippen LogP contribution in [0.3, 0.4) is 0 Å². The molecule has 0 saturated heterocycles. The topological polar surface area (TPSA) is 13.1 Å². The van der Waals surface area contributed by atoms with Crippen molar-refractivity contribution in [3.63, 3.8) is 0 Å². The molecular weight excluding hydrogens is 292 g/mol. The fourth-order valence-corrected chi connectivity index (χ4v) is 3.62. The highest BCUT2D eigenvalue weighted by molar-refractivity contribution is 5.94. The second-order valence-corrected chi connectivity index (χ2v) is 6.60. The maximum atomic E-state index is 5.99. The first-order chi connectivity index (χ1) is 11.7. The molecule has 0 fully saturated rings. The van der Waals surface area contributed by atoms with Crippen molar-refractivity contribution in [1.82, 2.24) is 0 Å². The molecule has 2 aromatic carbocycles. The van der Waals surface area contributed by atoms with E-state index in [1.165, 1.54) is 39.0 Å². The Labute approximate surface area is 143 Å². The molecule has 0 saturated carbocycles. The third kappa shape index (κ3) is 2.41. The summed E-state index contributed by atoms with van der Waals surface area (Å²) >= 11 is 0. The Balaban J connectivity index is 1.86. The minimum Gasteiger partial charge on any atom is -0.461 e. The van der Waals surface area contributed by atoms with Gasteiger partial charge in [0.15, 0.2) is 0 Å². The lowest BCUT2D eigenvalue weighted by Crippen LogP contribution is -1.95. The van der Waals surface area contributed by atoms with Crippen LogP contribution in [-0.4, -0.2) is 0 Å². The van der Waals surface area contributed by atoms with Gasteiger partial charge in [0.1, 0.15) is 11.5 Å². The molecule has 0 aliphatic heterocycles. The van der Waals surface area contributed by atoms with Crippen molar-refractivity contribution in [3.8, 4) is 11.1 Å². The number of allylic oxidation sites excluding steroid dienone is 1. The van der Waals surface area contributed by atoms with Crippen LogP contribution in [0.25, 0.3) is 22.8 Å². The highest BCUT2D eigenvalue weighted by atomic mass is 16.3. The van der Waals surface area contributed by atoms with Crippen molar-refractivity contribution in [1.29, 1.82) is 0 Å². The molecule has 0 unspecified atom stereocenters. The Bertz CT molecular complexity index is 926. The normalized spacial score (nSPS) is 13.0. The number of aryl methyl sites for hydroxylation is 2. The highest BCUT2D eigenvalue weighted by Gasteiger charge is 2.22. The van der Waals surface area contributed by atoms with Crippen LogP contribution < -0.4 is 0 Å². The second kappa shape index (κ2) is 5.83. The van der Waals surface area contributed by atoms with Gasteiger partial charge in [-0.3, -0.25) is 0 Å². The molecule has 1 heterocycles. The fourth-order valence-electron chi connectivity index (χ4n) is 3.62. The summed E-state index contributed by atoms with van der Waals surface area (Å²) < 4.78 is 5.99. The summed E-state index contributed by atoms with van der Waals surface area (Å²) in [5, 5.41) is 0. The fraction of sp³-hybridized carbons (Fsp3) is 0.217. The van der Waals surface area contributed by atoms with Crippen LogP contribution in [0.2, 0.25) is 0 Å². The lowest BCUT2D eigenvalue weighted by atomic mass is 9.90. The molecular formula is C23H22O. The van der Waals surface area contributed by atoms with Crippen molar-refractivity contribution in [2.24, 2.45) is 0 Å². The summed E-state index contributed by atoms with van der Waals surface area (Å²) in [5.74, 6) is 2.06. The summed E-state index contributed by atoms with van der Waals surface area (Å²) in [4.78, 5) is 0. The van der Waals surface area contributed by atoms with Gasteiger partial charge in [0.05, 0.1) is 0 Å². The second-order valence-electron chi connectivity index (χ2n) is 6.60. The molecule has 1 aliphatic carbocycles. The average Bonchev–Trinajstić information content (AvgIpc) is 3.23. The highest BCUT2D eigenvalue weighted by Crippen LogP contribution is 2.40. The van der Waals surface area contributed by atoms with Crippen molar-refractivity contribution in [2.45, 2.75) is 33.6 Å². The van der Waals surface area contributed by atoms with Crippen LogP contribution >= 0.6 is 0 Å². The monoisotopic (exact) mass is 314 g/mol. The molecule has 1 aliphatic rings. The molecule has 1 heteroatoms. The molecule has 0 radical (unpaired) electrons. The van der Waals surface area contributed by atoms with Gasteiger partial charge in [-0.25, -0.2) is 0 Å². The van der Waals surface area contributed by atoms with E-state index in [1.807, 2.05) is 0 Å². The van der Waals surface area contributed by atoms with E-state index in [9.17, 15) is 0 Å². The zero-order chi connectivity index (χ0) is 16.7. The van der Waals surface area contributed by atoms with E-state index in [4.69, 9.17) is 4.42 Å². The summed E-state index contributed by atoms with van der Waals surface area (Å²) in [6.45, 7) is 6.56. The standard InChI is InChI=1S/C23H22O/c1-4-20-10-11-22(24-20)19-13-18-12-15(2)16(3)23(21(18)14-19)17-8-6-5-7-9-17/h5-12,14H,4,13H2,1-3H3. The largest absolute Gasteiger partial charge is 0.461 e. The summed E-state index contributed by atoms with van der Waals surface area (Å²) in [6.07, 6.45) is 4.21. The summed E-state index contributed by atoms with van der Waals surface area (Å²) in [7, 11) is 0. The Morgan fingerprint density at radius 2 is 1.79 bits per heavy atom. The van der Waals surface area contributed by atoms with Gasteiger partial charge in [0, 0.05) is 12.8 Å². The van der Waals surface area contributed by atoms with Gasteiger partial charge >= 0.3 is 0 Å². The first kappa shape index (κ1) is 15.0. The Morgan fingerprint density at radius 3 is 2.50 bits per heavy atom. The third-order valence-corrected chi connectivity index (χ3v) is 5.06. The molecule has 0 bridgehead atoms. The van der Waals surface area contributed by atoms with Crippen LogP contribution in [0.1, 0.15) is 40.7 Å². The number of furan rings is 1. The van der Waals surface area contributed by atoms with Crippen molar-refractivity contribution >= 4 is 11.6 Å². The summed E-state index contributed by atoms with van der Waals surface area (Å²) in [6, 6.07) is 17.2. The molecule has 0 N–H and O–H groups in total. The minimum atomic E-state index is 0.938. The quantitative estimate of drug-likeness (QED) is 0.559. The number of hydrogen-bond donors (Lipinski definition) is 0. The SMILES string of the molecule is CCc1ccc(C2=Cc3c(cc(C)c(C)c3-c3ccccc3)C2)o1. The minimum absolute atomic E-state index is 0.938. The first-order valence-electron chi connectivity index (χ1n) is 8.65. The van der Waals surface area contributed by atoms with Gasteiger partial charge in [-0.15, -0.1) is 0 Å². The van der Waals surface area contributed by atoms with Crippen LogP contribution in [0.4, 0.5) is 0 Å². The third-order valence-electron chi connectivity index (χ3n) is 5.06. The van der Waals surface area contributed by atoms with Crippen LogP contribution in [0.15, 0.2) is 52.9 Å². The predicted octanol–water partition coefficient (Wildman–Crippen LogP) is 6.22. The van der Waals surface area contributed by atoms with Crippen LogP contribution in [0.5, 0.6) is 0 Å². The Morgan fingerprint density at radius 1 is 1.00 bits per heavy atom. The zero-order valence-corrected chi connectivity index (χ0v) is 14.5. The maximum Gasteiger partial charge on any atom is 0.130 e. The number of fused-ring (bicyclic) bond motifs is 1. The van der Waals surface area contributed by atoms with Gasteiger partial charge in [0.25, 0.3) is 0 Å². The van der Waals surface area contributed by atoms with E-state index in [-0.39, 0.29) is 0 Å². The lowest BCUT2D eigenvalue weighted by molar-refractivity contribution is 0.503. The van der Waals surface area contributed by atoms with E-state index in [2.05, 4.69) is 75.4 Å².